The van der Waals surface area contributed by atoms with E-state index in [1.807, 2.05) is 0 Å². The summed E-state index contributed by atoms with van der Waals surface area (Å²) in [5.74, 6) is -0.678. The van der Waals surface area contributed by atoms with Crippen LogP contribution in [0.2, 0.25) is 5.02 Å². The molecule has 0 radical (unpaired) electrons. The number of hydrogen-bond acceptors (Lipinski definition) is 3. The van der Waals surface area contributed by atoms with E-state index in [4.69, 9.17) is 17.3 Å². The molecule has 0 heterocycles. The predicted molar refractivity (Wildman–Crippen MR) is 77.8 cm³/mol. The maximum absolute atomic E-state index is 13.2. The first kappa shape index (κ1) is 14.6. The van der Waals surface area contributed by atoms with Gasteiger partial charge in [-0.2, -0.15) is 0 Å². The Hall–Kier alpha value is -1.79. The number of benzene rings is 2. The number of halogens is 2. The van der Waals surface area contributed by atoms with Crippen LogP contribution in [0.15, 0.2) is 41.3 Å². The Morgan fingerprint density at radius 1 is 1.20 bits per heavy atom. The third-order valence-corrected chi connectivity index (χ3v) is 4.57. The van der Waals surface area contributed by atoms with Crippen molar-refractivity contribution in [3.05, 3.63) is 52.8 Å². The molecule has 2 aromatic carbocycles. The Kier molecular flexibility index (Phi) is 3.87. The molecule has 0 saturated carbocycles. The first-order valence-corrected chi connectivity index (χ1v) is 7.50. The minimum Gasteiger partial charge on any atom is -0.399 e. The zero-order valence-corrected chi connectivity index (χ0v) is 12.1. The summed E-state index contributed by atoms with van der Waals surface area (Å²) in [6.07, 6.45) is 0. The summed E-state index contributed by atoms with van der Waals surface area (Å²) in [6.45, 7) is 1.75. The highest BCUT2D eigenvalue weighted by Crippen LogP contribution is 2.25. The normalized spacial score (nSPS) is 11.3. The van der Waals surface area contributed by atoms with Crippen LogP contribution in [0.4, 0.5) is 15.8 Å². The summed E-state index contributed by atoms with van der Waals surface area (Å²) in [5, 5.41) is -0.0499. The summed E-state index contributed by atoms with van der Waals surface area (Å²) in [7, 11) is -3.96. The van der Waals surface area contributed by atoms with E-state index in [2.05, 4.69) is 4.72 Å². The lowest BCUT2D eigenvalue weighted by molar-refractivity contribution is 0.595. The van der Waals surface area contributed by atoms with Crippen LogP contribution in [0.1, 0.15) is 5.56 Å². The number of hydrogen-bond donors (Lipinski definition) is 2. The van der Waals surface area contributed by atoms with Crippen molar-refractivity contribution in [3.8, 4) is 0 Å². The van der Waals surface area contributed by atoms with Crippen LogP contribution in [0.5, 0.6) is 0 Å². The molecule has 106 valence electrons. The zero-order chi connectivity index (χ0) is 14.9. The quantitative estimate of drug-likeness (QED) is 0.855. The molecule has 2 aromatic rings. The van der Waals surface area contributed by atoms with Crippen LogP contribution in [0, 0.1) is 12.7 Å². The molecular weight excluding hydrogens is 303 g/mol. The van der Waals surface area contributed by atoms with Crippen molar-refractivity contribution in [1.82, 2.24) is 0 Å². The van der Waals surface area contributed by atoms with Crippen LogP contribution in [-0.4, -0.2) is 8.42 Å². The van der Waals surface area contributed by atoms with Gasteiger partial charge in [-0.25, -0.2) is 12.8 Å². The molecule has 0 spiro atoms. The summed E-state index contributed by atoms with van der Waals surface area (Å²) in [4.78, 5) is -0.311. The van der Waals surface area contributed by atoms with Crippen molar-refractivity contribution >= 4 is 33.0 Å². The largest absolute Gasteiger partial charge is 0.399 e. The van der Waals surface area contributed by atoms with Crippen LogP contribution >= 0.6 is 11.6 Å². The van der Waals surface area contributed by atoms with E-state index in [9.17, 15) is 12.8 Å². The van der Waals surface area contributed by atoms with Gasteiger partial charge < -0.3 is 5.73 Å². The summed E-state index contributed by atoms with van der Waals surface area (Å²) < 4.78 is 39.9. The first-order chi connectivity index (χ1) is 9.29. The molecule has 20 heavy (non-hydrogen) atoms. The van der Waals surface area contributed by atoms with E-state index < -0.39 is 15.8 Å². The average molecular weight is 315 g/mol. The molecule has 7 heteroatoms. The number of sulfonamides is 1. The third kappa shape index (κ3) is 3.02. The number of nitrogen functional groups attached to an aromatic ring is 1. The first-order valence-electron chi connectivity index (χ1n) is 5.63. The Morgan fingerprint density at radius 2 is 1.90 bits per heavy atom. The lowest BCUT2D eigenvalue weighted by Crippen LogP contribution is -2.14. The maximum atomic E-state index is 13.2. The second kappa shape index (κ2) is 5.30. The van der Waals surface area contributed by atoms with Crippen LogP contribution < -0.4 is 10.5 Å². The Labute approximate surface area is 121 Å². The Balaban J connectivity index is 2.40. The van der Waals surface area contributed by atoms with Crippen molar-refractivity contribution in [2.75, 3.05) is 10.5 Å². The van der Waals surface area contributed by atoms with Gasteiger partial charge in [0, 0.05) is 11.4 Å². The molecule has 3 N–H and O–H groups in total. The fourth-order valence-corrected chi connectivity index (χ4v) is 3.19. The fourth-order valence-electron chi connectivity index (χ4n) is 1.63. The maximum Gasteiger partial charge on any atom is 0.263 e. The highest BCUT2D eigenvalue weighted by molar-refractivity contribution is 7.92. The van der Waals surface area contributed by atoms with Crippen molar-refractivity contribution < 1.29 is 12.8 Å². The number of nitrogens with two attached hydrogens (primary N) is 1. The van der Waals surface area contributed by atoms with Gasteiger partial charge in [-0.3, -0.25) is 4.72 Å². The molecule has 0 aliphatic carbocycles. The topological polar surface area (TPSA) is 72.2 Å². The summed E-state index contributed by atoms with van der Waals surface area (Å²) in [6, 6.07) is 7.84. The number of nitrogens with one attached hydrogen (secondary N) is 1. The van der Waals surface area contributed by atoms with Gasteiger partial charge in [0.15, 0.2) is 0 Å². The van der Waals surface area contributed by atoms with E-state index in [1.54, 1.807) is 19.1 Å². The number of anilines is 2. The van der Waals surface area contributed by atoms with Crippen molar-refractivity contribution in [2.45, 2.75) is 11.8 Å². The molecule has 0 fully saturated rings. The van der Waals surface area contributed by atoms with E-state index >= 15 is 0 Å². The predicted octanol–water partition coefficient (Wildman–Crippen LogP) is 3.17. The van der Waals surface area contributed by atoms with Gasteiger partial charge in [-0.15, -0.1) is 0 Å². The smallest absolute Gasteiger partial charge is 0.263 e. The molecule has 0 atom stereocenters. The molecule has 0 saturated heterocycles. The Bertz CT molecular complexity index is 763. The molecule has 0 aliphatic rings. The van der Waals surface area contributed by atoms with Gasteiger partial charge in [-0.05, 0) is 48.9 Å². The standard InChI is InChI=1S/C13H12ClFN2O2S/c1-8-6-10(3-5-12(8)16)17-20(18,19)13-7-9(15)2-4-11(13)14/h2-7,17H,16H2,1H3. The molecular formula is C13H12ClFN2O2S. The second-order valence-electron chi connectivity index (χ2n) is 4.25. The molecule has 0 aliphatic heterocycles. The summed E-state index contributed by atoms with van der Waals surface area (Å²) in [5.41, 5.74) is 7.27. The van der Waals surface area contributed by atoms with Crippen molar-refractivity contribution in [2.24, 2.45) is 0 Å². The third-order valence-electron chi connectivity index (χ3n) is 2.70. The molecule has 4 nitrogen and oxygen atoms in total. The van der Waals surface area contributed by atoms with Crippen molar-refractivity contribution in [3.63, 3.8) is 0 Å². The van der Waals surface area contributed by atoms with E-state index in [1.165, 1.54) is 12.1 Å². The number of rotatable bonds is 3. The van der Waals surface area contributed by atoms with Crippen LogP contribution in [0.25, 0.3) is 0 Å². The molecule has 0 amide bonds. The van der Waals surface area contributed by atoms with E-state index in [0.717, 1.165) is 17.7 Å². The second-order valence-corrected chi connectivity index (χ2v) is 6.31. The highest BCUT2D eigenvalue weighted by atomic mass is 35.5. The van der Waals surface area contributed by atoms with Gasteiger partial charge >= 0.3 is 0 Å². The lowest BCUT2D eigenvalue weighted by atomic mass is 10.2. The number of aryl methyl sites for hydroxylation is 1. The van der Waals surface area contributed by atoms with E-state index in [0.29, 0.717) is 11.4 Å². The Morgan fingerprint density at radius 3 is 2.55 bits per heavy atom. The minimum absolute atomic E-state index is 0.0499. The van der Waals surface area contributed by atoms with Crippen molar-refractivity contribution in [1.29, 1.82) is 0 Å². The van der Waals surface area contributed by atoms with Crippen LogP contribution in [-0.2, 0) is 10.0 Å². The molecule has 2 rings (SSSR count). The van der Waals surface area contributed by atoms with Gasteiger partial charge in [0.05, 0.1) is 5.02 Å². The van der Waals surface area contributed by atoms with Gasteiger partial charge in [-0.1, -0.05) is 11.6 Å². The van der Waals surface area contributed by atoms with Gasteiger partial charge in [0.1, 0.15) is 10.7 Å². The van der Waals surface area contributed by atoms with Crippen LogP contribution in [0.3, 0.4) is 0 Å². The molecule has 0 bridgehead atoms. The van der Waals surface area contributed by atoms with Gasteiger partial charge in [0.2, 0.25) is 0 Å². The highest BCUT2D eigenvalue weighted by Gasteiger charge is 2.19. The van der Waals surface area contributed by atoms with E-state index in [-0.39, 0.29) is 9.92 Å². The van der Waals surface area contributed by atoms with Gasteiger partial charge in [0.25, 0.3) is 10.0 Å². The minimum atomic E-state index is -3.96. The SMILES string of the molecule is Cc1cc(NS(=O)(=O)c2cc(F)ccc2Cl)ccc1N. The fraction of sp³-hybridized carbons (Fsp3) is 0.0769. The lowest BCUT2D eigenvalue weighted by Gasteiger charge is -2.11. The zero-order valence-electron chi connectivity index (χ0n) is 10.5. The average Bonchev–Trinajstić information content (AvgIpc) is 2.36. The monoisotopic (exact) mass is 314 g/mol. The summed E-state index contributed by atoms with van der Waals surface area (Å²) >= 11 is 5.80. The molecule has 0 aromatic heterocycles. The molecule has 0 unspecified atom stereocenters.